The molecule has 0 spiro atoms. The van der Waals surface area contributed by atoms with Crippen LogP contribution in [-0.2, 0) is 32.5 Å². The number of rotatable bonds is 6. The average molecular weight is 1010 g/mol. The molecule has 4 heteroatoms. The van der Waals surface area contributed by atoms with Crippen LogP contribution in [0.15, 0.2) is 158 Å². The van der Waals surface area contributed by atoms with E-state index in [4.69, 9.17) is 0 Å². The van der Waals surface area contributed by atoms with Gasteiger partial charge in [-0.25, -0.2) is 0 Å². The molecule has 13 rings (SSSR count). The Bertz CT molecular complexity index is 3670. The van der Waals surface area contributed by atoms with Crippen molar-refractivity contribution in [3.05, 3.63) is 202 Å². The van der Waals surface area contributed by atoms with Crippen LogP contribution in [0.5, 0.6) is 0 Å². The molecule has 2 heterocycles. The van der Waals surface area contributed by atoms with E-state index >= 15 is 0 Å². The summed E-state index contributed by atoms with van der Waals surface area (Å²) >= 11 is 0. The predicted molar refractivity (Wildman–Crippen MR) is 331 cm³/mol. The summed E-state index contributed by atoms with van der Waals surface area (Å²) in [5.41, 5.74) is 29.3. The molecule has 0 unspecified atom stereocenters. The monoisotopic (exact) mass is 1010 g/mol. The van der Waals surface area contributed by atoms with Crippen LogP contribution in [-0.4, -0.2) is 6.71 Å². The van der Waals surface area contributed by atoms with E-state index in [0.717, 1.165) is 42.7 Å². The molecule has 5 aliphatic rings. The quantitative estimate of drug-likeness (QED) is 0.154. The van der Waals surface area contributed by atoms with Gasteiger partial charge in [-0.3, -0.25) is 0 Å². The maximum atomic E-state index is 2.75. The van der Waals surface area contributed by atoms with Crippen molar-refractivity contribution in [1.29, 1.82) is 0 Å². The summed E-state index contributed by atoms with van der Waals surface area (Å²) in [4.78, 5) is 7.97. The molecule has 3 aliphatic carbocycles. The Hall–Kier alpha value is -6.78. The van der Waals surface area contributed by atoms with Gasteiger partial charge in [-0.15, -0.1) is 0 Å². The lowest BCUT2D eigenvalue weighted by atomic mass is 9.33. The van der Waals surface area contributed by atoms with Crippen LogP contribution in [0.2, 0.25) is 0 Å². The fourth-order valence-electron chi connectivity index (χ4n) is 15.4. The van der Waals surface area contributed by atoms with Gasteiger partial charge in [0.2, 0.25) is 0 Å². The van der Waals surface area contributed by atoms with Crippen LogP contribution >= 0.6 is 0 Å². The largest absolute Gasteiger partial charge is 0.311 e. The van der Waals surface area contributed by atoms with E-state index in [2.05, 4.69) is 269 Å². The van der Waals surface area contributed by atoms with Gasteiger partial charge in [0.25, 0.3) is 6.71 Å². The number of anilines is 9. The van der Waals surface area contributed by atoms with E-state index in [1.807, 2.05) is 0 Å². The maximum absolute atomic E-state index is 2.75. The number of para-hydroxylation sites is 2. The van der Waals surface area contributed by atoms with E-state index in [1.165, 1.54) is 113 Å². The van der Waals surface area contributed by atoms with Crippen LogP contribution in [0.3, 0.4) is 0 Å². The second kappa shape index (κ2) is 16.9. The van der Waals surface area contributed by atoms with Crippen LogP contribution in [0.4, 0.5) is 51.2 Å². The smallest absolute Gasteiger partial charge is 0.252 e. The Morgan fingerprint density at radius 2 is 0.727 bits per heavy atom. The molecule has 8 aromatic carbocycles. The van der Waals surface area contributed by atoms with E-state index in [1.54, 1.807) is 0 Å². The first-order chi connectivity index (χ1) is 36.5. The molecule has 0 fully saturated rings. The van der Waals surface area contributed by atoms with Crippen molar-refractivity contribution >= 4 is 74.3 Å². The zero-order chi connectivity index (χ0) is 53.9. The lowest BCUT2D eigenvalue weighted by Gasteiger charge is -2.48. The summed E-state index contributed by atoms with van der Waals surface area (Å²) in [6.07, 6.45) is 5.75. The molecule has 77 heavy (non-hydrogen) atoms. The normalized spacial score (nSPS) is 19.1. The Kier molecular flexibility index (Phi) is 10.9. The van der Waals surface area contributed by atoms with Gasteiger partial charge in [0, 0.05) is 45.5 Å². The molecule has 8 aromatic rings. The van der Waals surface area contributed by atoms with Crippen molar-refractivity contribution in [2.75, 3.05) is 14.7 Å². The SMILES string of the molecule is Cc1cc2c(cc1N1c3cc(-c4ccccc4)ccc3B3c4cc5c(cc4N(c4cc6c(cc4C)C(C)(C)CC6(C)C)c4cc(N(c6ccccc6)c6ccccc6)cc1c43)C(C)(C)CCC5(C)C)C(C)(C)CCC2(C)C. The minimum Gasteiger partial charge on any atom is -0.311 e. The summed E-state index contributed by atoms with van der Waals surface area (Å²) in [6.45, 7) is 34.5. The first-order valence-electron chi connectivity index (χ1n) is 28.8. The zero-order valence-electron chi connectivity index (χ0n) is 48.5. The molecular weight excluding hydrogens is 930 g/mol. The number of hydrogen-bond acceptors (Lipinski definition) is 3. The van der Waals surface area contributed by atoms with E-state index in [9.17, 15) is 0 Å². The summed E-state index contributed by atoms with van der Waals surface area (Å²) in [5, 5.41) is 0. The van der Waals surface area contributed by atoms with Crippen LogP contribution in [0.1, 0.15) is 160 Å². The van der Waals surface area contributed by atoms with E-state index in [-0.39, 0.29) is 39.2 Å². The molecule has 2 aliphatic heterocycles. The predicted octanol–water partition coefficient (Wildman–Crippen LogP) is 18.2. The minimum absolute atomic E-state index is 0.00737. The molecule has 0 aromatic heterocycles. The van der Waals surface area contributed by atoms with E-state index in [0.29, 0.717) is 0 Å². The fraction of sp³-hybridized carbons (Fsp3) is 0.342. The van der Waals surface area contributed by atoms with Crippen LogP contribution in [0.25, 0.3) is 11.1 Å². The average Bonchev–Trinajstić information content (AvgIpc) is 3.65. The van der Waals surface area contributed by atoms with Gasteiger partial charge in [0.15, 0.2) is 0 Å². The molecule has 0 atom stereocenters. The molecule has 3 nitrogen and oxygen atoms in total. The third kappa shape index (κ3) is 7.65. The standard InChI is InChI=1S/C73H78BN3/c1-46-36-53-56(70(7,8)34-32-68(53,3)4)42-61(46)76-63-38-49(48-24-18-15-19-25-48)30-31-59(63)74-60-41-55-57(71(9,10)35-33-69(55,5)6)44-64(60)77(62-43-58-54(37-47(62)2)72(11,12)45-73(58,13)14)66-40-52(39-65(76)67(66)74)75(50-26-20-16-21-27-50)51-28-22-17-23-29-51/h15-31,36-44H,32-35,45H2,1-14H3. The summed E-state index contributed by atoms with van der Waals surface area (Å²) in [7, 11) is 0. The molecule has 388 valence electrons. The fourth-order valence-corrected chi connectivity index (χ4v) is 15.4. The maximum Gasteiger partial charge on any atom is 0.252 e. The molecule has 0 N–H and O–H groups in total. The lowest BCUT2D eigenvalue weighted by molar-refractivity contribution is 0.332. The van der Waals surface area contributed by atoms with Gasteiger partial charge in [0.1, 0.15) is 0 Å². The first kappa shape index (κ1) is 49.8. The van der Waals surface area contributed by atoms with Crippen molar-refractivity contribution in [2.24, 2.45) is 0 Å². The second-order valence-electron chi connectivity index (χ2n) is 28.0. The van der Waals surface area contributed by atoms with Gasteiger partial charge in [-0.2, -0.15) is 0 Å². The summed E-state index contributed by atoms with van der Waals surface area (Å²) in [6, 6.07) is 61.5. The van der Waals surface area contributed by atoms with E-state index < -0.39 is 0 Å². The summed E-state index contributed by atoms with van der Waals surface area (Å²) in [5.74, 6) is 0. The molecular formula is C73H78BN3. The first-order valence-corrected chi connectivity index (χ1v) is 28.8. The van der Waals surface area contributed by atoms with Gasteiger partial charge in [-0.05, 0) is 211 Å². The second-order valence-corrected chi connectivity index (χ2v) is 28.0. The van der Waals surface area contributed by atoms with Gasteiger partial charge in [-0.1, -0.05) is 180 Å². The third-order valence-electron chi connectivity index (χ3n) is 19.7. The van der Waals surface area contributed by atoms with Crippen LogP contribution < -0.4 is 31.1 Å². The lowest BCUT2D eigenvalue weighted by Crippen LogP contribution is -2.62. The third-order valence-corrected chi connectivity index (χ3v) is 19.7. The topological polar surface area (TPSA) is 9.72 Å². The highest BCUT2D eigenvalue weighted by atomic mass is 15.2. The number of hydrogen-bond donors (Lipinski definition) is 0. The van der Waals surface area contributed by atoms with Gasteiger partial charge >= 0.3 is 0 Å². The number of fused-ring (bicyclic) bond motifs is 7. The van der Waals surface area contributed by atoms with Crippen molar-refractivity contribution in [2.45, 2.75) is 162 Å². The Morgan fingerprint density at radius 1 is 0.338 bits per heavy atom. The Balaban J connectivity index is 1.21. The number of aryl methyl sites for hydroxylation is 2. The zero-order valence-corrected chi connectivity index (χ0v) is 48.5. The minimum atomic E-state index is -0.0390. The van der Waals surface area contributed by atoms with Crippen molar-refractivity contribution in [3.8, 4) is 11.1 Å². The molecule has 0 saturated carbocycles. The Labute approximate surface area is 461 Å². The Morgan fingerprint density at radius 3 is 1.21 bits per heavy atom. The molecule has 0 amide bonds. The highest BCUT2D eigenvalue weighted by Crippen LogP contribution is 2.57. The highest BCUT2D eigenvalue weighted by Gasteiger charge is 2.49. The van der Waals surface area contributed by atoms with Crippen molar-refractivity contribution < 1.29 is 0 Å². The molecule has 0 saturated heterocycles. The van der Waals surface area contributed by atoms with Crippen molar-refractivity contribution in [1.82, 2.24) is 0 Å². The van der Waals surface area contributed by atoms with Gasteiger partial charge in [0.05, 0.1) is 5.69 Å². The van der Waals surface area contributed by atoms with Crippen LogP contribution in [0, 0.1) is 13.8 Å². The van der Waals surface area contributed by atoms with Crippen molar-refractivity contribution in [3.63, 3.8) is 0 Å². The van der Waals surface area contributed by atoms with Gasteiger partial charge < -0.3 is 14.7 Å². The molecule has 0 bridgehead atoms. The molecule has 0 radical (unpaired) electrons. The highest BCUT2D eigenvalue weighted by molar-refractivity contribution is 7.00. The number of nitrogens with zero attached hydrogens (tertiary/aromatic N) is 3. The summed E-state index contributed by atoms with van der Waals surface area (Å²) < 4.78 is 0. The number of benzene rings is 8.